The highest BCUT2D eigenvalue weighted by Crippen LogP contribution is 2.31. The number of rotatable bonds is 6. The number of anilines is 1. The van der Waals surface area contributed by atoms with Crippen LogP contribution in [0.1, 0.15) is 35.3 Å². The zero-order chi connectivity index (χ0) is 22.7. The topological polar surface area (TPSA) is 91.0 Å². The zero-order valence-corrected chi connectivity index (χ0v) is 18.2. The van der Waals surface area contributed by atoms with Gasteiger partial charge in [0.1, 0.15) is 12.6 Å². The van der Waals surface area contributed by atoms with Crippen molar-refractivity contribution in [1.82, 2.24) is 15.3 Å². The lowest BCUT2D eigenvalue weighted by molar-refractivity contribution is -0.137. The van der Waals surface area contributed by atoms with E-state index >= 15 is 0 Å². The number of amides is 2. The number of benzene rings is 2. The van der Waals surface area contributed by atoms with Crippen molar-refractivity contribution in [2.45, 2.75) is 25.4 Å². The Labute approximate surface area is 190 Å². The van der Waals surface area contributed by atoms with Crippen molar-refractivity contribution in [2.24, 2.45) is 0 Å². The predicted molar refractivity (Wildman–Crippen MR) is 119 cm³/mol. The molecule has 2 aromatic carbocycles. The summed E-state index contributed by atoms with van der Waals surface area (Å²) in [5.74, 6) is -0.897. The molecule has 2 atom stereocenters. The zero-order valence-electron chi connectivity index (χ0n) is 17.5. The minimum absolute atomic E-state index is 0.0162. The predicted octanol–water partition coefficient (Wildman–Crippen LogP) is 3.09. The highest BCUT2D eigenvalue weighted by Gasteiger charge is 2.40. The molecule has 2 aliphatic rings. The lowest BCUT2D eigenvalue weighted by atomic mass is 10.0. The van der Waals surface area contributed by atoms with E-state index < -0.39 is 12.0 Å². The maximum Gasteiger partial charge on any atom is 0.338 e. The number of hydrogen-bond donors (Lipinski definition) is 2. The van der Waals surface area contributed by atoms with Crippen molar-refractivity contribution in [1.29, 1.82) is 0 Å². The number of ether oxygens (including phenoxy) is 1. The van der Waals surface area contributed by atoms with E-state index in [4.69, 9.17) is 16.3 Å². The first-order valence-electron chi connectivity index (χ1n) is 10.3. The second-order valence-corrected chi connectivity index (χ2v) is 7.94. The highest BCUT2D eigenvalue weighted by molar-refractivity contribution is 6.30. The lowest BCUT2D eigenvalue weighted by Crippen LogP contribution is -2.49. The van der Waals surface area contributed by atoms with Crippen LogP contribution < -0.4 is 10.7 Å². The van der Waals surface area contributed by atoms with Gasteiger partial charge in [0.25, 0.3) is 5.91 Å². The summed E-state index contributed by atoms with van der Waals surface area (Å²) in [6.07, 6.45) is 3.95. The van der Waals surface area contributed by atoms with Gasteiger partial charge in [0.15, 0.2) is 0 Å². The number of nitrogens with one attached hydrogen (secondary N) is 2. The molecule has 0 aliphatic carbocycles. The summed E-state index contributed by atoms with van der Waals surface area (Å²) in [6.45, 7) is 1.93. The minimum atomic E-state index is -0.416. The van der Waals surface area contributed by atoms with Gasteiger partial charge in [0.05, 0.1) is 18.2 Å². The summed E-state index contributed by atoms with van der Waals surface area (Å²) in [7, 11) is 0. The molecule has 2 heterocycles. The maximum atomic E-state index is 12.9. The molecule has 1 saturated heterocycles. The molecule has 0 radical (unpaired) electrons. The van der Waals surface area contributed by atoms with Crippen LogP contribution in [0, 0.1) is 0 Å². The number of fused-ring (bicyclic) bond motifs is 1. The summed E-state index contributed by atoms with van der Waals surface area (Å²) in [4.78, 5) is 38.6. The number of carbonyl (C=O) groups excluding carboxylic acids is 3. The van der Waals surface area contributed by atoms with E-state index in [9.17, 15) is 14.4 Å². The number of hydrazine groups is 1. The Hall–Kier alpha value is -3.36. The van der Waals surface area contributed by atoms with E-state index in [1.807, 2.05) is 24.3 Å². The van der Waals surface area contributed by atoms with E-state index in [-0.39, 0.29) is 24.4 Å². The standard InChI is InChI=1S/C23H23ClN4O4/c1-2-32-23(31)16-5-9-18(10-6-16)25-21(29)14-27-11-12-28-20(22(27)30)13-19(26-28)15-3-7-17(24)8-4-15/h3-12,19-20,26H,2,13-14H2,1H3,(H,25,29). The molecular formula is C23H23ClN4O4. The first kappa shape index (κ1) is 21.9. The molecule has 0 bridgehead atoms. The summed E-state index contributed by atoms with van der Waals surface area (Å²) in [6, 6.07) is 13.5. The molecule has 1 fully saturated rings. The van der Waals surface area contributed by atoms with Gasteiger partial charge in [-0.2, -0.15) is 0 Å². The smallest absolute Gasteiger partial charge is 0.338 e. The molecule has 4 rings (SSSR count). The molecule has 2 unspecified atom stereocenters. The highest BCUT2D eigenvalue weighted by atomic mass is 35.5. The van der Waals surface area contributed by atoms with Gasteiger partial charge in [-0.3, -0.25) is 9.59 Å². The molecule has 0 spiro atoms. The second-order valence-electron chi connectivity index (χ2n) is 7.50. The van der Waals surface area contributed by atoms with E-state index in [0.29, 0.717) is 29.3 Å². The number of esters is 1. The number of halogens is 1. The molecule has 0 saturated carbocycles. The summed E-state index contributed by atoms with van der Waals surface area (Å²) in [5, 5.41) is 5.19. The quantitative estimate of drug-likeness (QED) is 0.652. The SMILES string of the molecule is CCOC(=O)c1ccc(NC(=O)CN2C=CN3NC(c4ccc(Cl)cc4)CC3C2=O)cc1. The Morgan fingerprint density at radius 3 is 2.53 bits per heavy atom. The molecular weight excluding hydrogens is 432 g/mol. The lowest BCUT2D eigenvalue weighted by Gasteiger charge is -2.31. The molecule has 2 N–H and O–H groups in total. The fraction of sp³-hybridized carbons (Fsp3) is 0.261. The van der Waals surface area contributed by atoms with E-state index in [2.05, 4.69) is 10.7 Å². The molecule has 32 heavy (non-hydrogen) atoms. The van der Waals surface area contributed by atoms with Crippen LogP contribution in [0.3, 0.4) is 0 Å². The maximum absolute atomic E-state index is 12.9. The Morgan fingerprint density at radius 2 is 1.84 bits per heavy atom. The van der Waals surface area contributed by atoms with Crippen LogP contribution in [0.2, 0.25) is 5.02 Å². The number of nitrogens with zero attached hydrogens (tertiary/aromatic N) is 2. The van der Waals surface area contributed by atoms with Crippen LogP contribution in [0.5, 0.6) is 0 Å². The van der Waals surface area contributed by atoms with Crippen molar-refractivity contribution >= 4 is 35.1 Å². The monoisotopic (exact) mass is 454 g/mol. The Bertz CT molecular complexity index is 1040. The summed E-state index contributed by atoms with van der Waals surface area (Å²) in [5.41, 5.74) is 5.29. The molecule has 2 aromatic rings. The average molecular weight is 455 g/mol. The van der Waals surface area contributed by atoms with Gasteiger partial charge in [-0.25, -0.2) is 10.2 Å². The van der Waals surface area contributed by atoms with Crippen molar-refractivity contribution in [3.05, 3.63) is 77.1 Å². The van der Waals surface area contributed by atoms with Crippen LogP contribution in [0.15, 0.2) is 60.9 Å². The van der Waals surface area contributed by atoms with Crippen LogP contribution in [-0.2, 0) is 14.3 Å². The molecule has 9 heteroatoms. The van der Waals surface area contributed by atoms with Gasteiger partial charge in [-0.1, -0.05) is 23.7 Å². The Kier molecular flexibility index (Phi) is 6.43. The van der Waals surface area contributed by atoms with Gasteiger partial charge < -0.3 is 20.0 Å². The van der Waals surface area contributed by atoms with Gasteiger partial charge in [0, 0.05) is 23.1 Å². The Balaban J connectivity index is 1.34. The van der Waals surface area contributed by atoms with Gasteiger partial charge >= 0.3 is 5.97 Å². The average Bonchev–Trinajstić information content (AvgIpc) is 3.22. The largest absolute Gasteiger partial charge is 0.462 e. The third kappa shape index (κ3) is 4.76. The summed E-state index contributed by atoms with van der Waals surface area (Å²) < 4.78 is 4.94. The third-order valence-corrected chi connectivity index (χ3v) is 5.59. The van der Waals surface area contributed by atoms with Gasteiger partial charge in [-0.15, -0.1) is 0 Å². The van der Waals surface area contributed by atoms with Gasteiger partial charge in [0.2, 0.25) is 5.91 Å². The van der Waals surface area contributed by atoms with Crippen LogP contribution in [-0.4, -0.2) is 46.9 Å². The van der Waals surface area contributed by atoms with E-state index in [0.717, 1.165) is 5.56 Å². The molecule has 0 aromatic heterocycles. The molecule has 166 valence electrons. The van der Waals surface area contributed by atoms with Crippen LogP contribution in [0.25, 0.3) is 0 Å². The number of hydrogen-bond acceptors (Lipinski definition) is 6. The molecule has 2 amide bonds. The van der Waals surface area contributed by atoms with Crippen molar-refractivity contribution < 1.29 is 19.1 Å². The van der Waals surface area contributed by atoms with Crippen molar-refractivity contribution in [2.75, 3.05) is 18.5 Å². The first-order valence-corrected chi connectivity index (χ1v) is 10.7. The van der Waals surface area contributed by atoms with Crippen molar-refractivity contribution in [3.8, 4) is 0 Å². The van der Waals surface area contributed by atoms with E-state index in [1.165, 1.54) is 4.90 Å². The molecule has 8 nitrogen and oxygen atoms in total. The normalized spacial score (nSPS) is 19.6. The minimum Gasteiger partial charge on any atom is -0.462 e. The van der Waals surface area contributed by atoms with Gasteiger partial charge in [-0.05, 0) is 55.3 Å². The molecule has 2 aliphatic heterocycles. The fourth-order valence-electron chi connectivity index (χ4n) is 3.74. The van der Waals surface area contributed by atoms with Crippen LogP contribution in [0.4, 0.5) is 5.69 Å². The second kappa shape index (κ2) is 9.42. The first-order chi connectivity index (χ1) is 15.4. The van der Waals surface area contributed by atoms with E-state index in [1.54, 1.807) is 48.6 Å². The van der Waals surface area contributed by atoms with Crippen molar-refractivity contribution in [3.63, 3.8) is 0 Å². The van der Waals surface area contributed by atoms with Crippen LogP contribution >= 0.6 is 11.6 Å². The summed E-state index contributed by atoms with van der Waals surface area (Å²) >= 11 is 5.96. The third-order valence-electron chi connectivity index (χ3n) is 5.34. The Morgan fingerprint density at radius 1 is 1.12 bits per heavy atom. The number of carbonyl (C=O) groups is 3. The fourth-order valence-corrected chi connectivity index (χ4v) is 3.86.